The van der Waals surface area contributed by atoms with Gasteiger partial charge in [-0.1, -0.05) is 30.3 Å². The molecule has 2 aromatic carbocycles. The molecule has 1 atom stereocenters. The second-order valence-electron chi connectivity index (χ2n) is 4.12. The molecule has 0 N–H and O–H groups in total. The first-order valence-electron chi connectivity index (χ1n) is 6.16. The van der Waals surface area contributed by atoms with Crippen molar-refractivity contribution in [2.75, 3.05) is 14.2 Å². The van der Waals surface area contributed by atoms with E-state index in [0.717, 1.165) is 11.8 Å². The van der Waals surface area contributed by atoms with Crippen LogP contribution in [0.2, 0.25) is 0 Å². The normalized spacial score (nSPS) is 11.7. The van der Waals surface area contributed by atoms with Gasteiger partial charge in [0.05, 0.1) is 7.11 Å². The summed E-state index contributed by atoms with van der Waals surface area (Å²) in [7, 11) is 3.11. The first-order valence-corrected chi connectivity index (χ1v) is 6.16. The van der Waals surface area contributed by atoms with Crippen molar-refractivity contribution >= 4 is 6.29 Å². The van der Waals surface area contributed by atoms with Crippen LogP contribution in [0.4, 0.5) is 0 Å². The summed E-state index contributed by atoms with van der Waals surface area (Å²) in [6.45, 7) is 0. The average molecular weight is 272 g/mol. The predicted octanol–water partition coefficient (Wildman–Crippen LogP) is 3.23. The second-order valence-corrected chi connectivity index (χ2v) is 4.12. The van der Waals surface area contributed by atoms with E-state index in [2.05, 4.69) is 0 Å². The standard InChI is InChI=1S/C16H16O4/c1-18-14-9-8-12(11-17)10-15(14)20-16(19-2)13-6-4-3-5-7-13/h3-11,16H,1-2H3. The van der Waals surface area contributed by atoms with Gasteiger partial charge in [0.25, 0.3) is 0 Å². The number of rotatable bonds is 6. The maximum Gasteiger partial charge on any atom is 0.226 e. The van der Waals surface area contributed by atoms with Gasteiger partial charge in [-0.05, 0) is 18.2 Å². The van der Waals surface area contributed by atoms with E-state index in [1.54, 1.807) is 32.4 Å². The first-order chi connectivity index (χ1) is 9.78. The van der Waals surface area contributed by atoms with Gasteiger partial charge in [-0.2, -0.15) is 0 Å². The van der Waals surface area contributed by atoms with Crippen LogP contribution >= 0.6 is 0 Å². The summed E-state index contributed by atoms with van der Waals surface area (Å²) in [5, 5.41) is 0. The monoisotopic (exact) mass is 272 g/mol. The number of hydrogen-bond acceptors (Lipinski definition) is 4. The Balaban J connectivity index is 2.29. The molecule has 2 rings (SSSR count). The van der Waals surface area contributed by atoms with Crippen LogP contribution in [0.1, 0.15) is 22.2 Å². The molecule has 0 aliphatic rings. The molecule has 0 saturated carbocycles. The van der Waals surface area contributed by atoms with Gasteiger partial charge in [-0.15, -0.1) is 0 Å². The molecular formula is C16H16O4. The zero-order chi connectivity index (χ0) is 14.4. The van der Waals surface area contributed by atoms with Crippen molar-refractivity contribution in [3.05, 3.63) is 59.7 Å². The summed E-state index contributed by atoms with van der Waals surface area (Å²) in [4.78, 5) is 10.9. The molecule has 0 bridgehead atoms. The van der Waals surface area contributed by atoms with Crippen LogP contribution in [0.5, 0.6) is 11.5 Å². The molecule has 0 radical (unpaired) electrons. The molecule has 2 aromatic rings. The molecule has 104 valence electrons. The number of aldehydes is 1. The zero-order valence-electron chi connectivity index (χ0n) is 11.4. The summed E-state index contributed by atoms with van der Waals surface area (Å²) in [5.41, 5.74) is 1.40. The molecule has 0 saturated heterocycles. The topological polar surface area (TPSA) is 44.8 Å². The van der Waals surface area contributed by atoms with Crippen LogP contribution < -0.4 is 9.47 Å². The van der Waals surface area contributed by atoms with E-state index in [1.165, 1.54) is 0 Å². The van der Waals surface area contributed by atoms with Crippen LogP contribution in [0.25, 0.3) is 0 Å². The van der Waals surface area contributed by atoms with E-state index in [9.17, 15) is 4.79 Å². The van der Waals surface area contributed by atoms with Crippen molar-refractivity contribution in [2.45, 2.75) is 6.29 Å². The van der Waals surface area contributed by atoms with E-state index in [-0.39, 0.29) is 0 Å². The molecule has 0 spiro atoms. The highest BCUT2D eigenvalue weighted by Gasteiger charge is 2.15. The minimum Gasteiger partial charge on any atom is -0.493 e. The zero-order valence-corrected chi connectivity index (χ0v) is 11.4. The van der Waals surface area contributed by atoms with Crippen molar-refractivity contribution in [2.24, 2.45) is 0 Å². The molecule has 0 heterocycles. The van der Waals surface area contributed by atoms with E-state index < -0.39 is 6.29 Å². The van der Waals surface area contributed by atoms with Crippen molar-refractivity contribution in [1.29, 1.82) is 0 Å². The smallest absolute Gasteiger partial charge is 0.226 e. The Bertz CT molecular complexity index is 566. The Hall–Kier alpha value is -2.33. The van der Waals surface area contributed by atoms with Crippen molar-refractivity contribution in [1.82, 2.24) is 0 Å². The number of carbonyl (C=O) groups is 1. The van der Waals surface area contributed by atoms with Crippen LogP contribution in [-0.4, -0.2) is 20.5 Å². The lowest BCUT2D eigenvalue weighted by Crippen LogP contribution is -2.10. The van der Waals surface area contributed by atoms with Gasteiger partial charge in [0.15, 0.2) is 11.5 Å². The van der Waals surface area contributed by atoms with Crippen LogP contribution in [0.3, 0.4) is 0 Å². The van der Waals surface area contributed by atoms with Gasteiger partial charge in [0, 0.05) is 18.2 Å². The summed E-state index contributed by atoms with van der Waals surface area (Å²) in [6.07, 6.45) is 0.198. The SMILES string of the molecule is COc1ccc(C=O)cc1OC(OC)c1ccccc1. The minimum atomic E-state index is -0.563. The minimum absolute atomic E-state index is 0.466. The fraction of sp³-hybridized carbons (Fsp3) is 0.188. The van der Waals surface area contributed by atoms with Gasteiger partial charge in [0.1, 0.15) is 6.29 Å². The van der Waals surface area contributed by atoms with Gasteiger partial charge >= 0.3 is 0 Å². The molecule has 0 aliphatic carbocycles. The molecule has 0 aliphatic heterocycles. The second kappa shape index (κ2) is 6.73. The molecule has 0 aromatic heterocycles. The Morgan fingerprint density at radius 2 is 1.75 bits per heavy atom. The largest absolute Gasteiger partial charge is 0.493 e. The Morgan fingerprint density at radius 1 is 1.00 bits per heavy atom. The third-order valence-corrected chi connectivity index (χ3v) is 2.84. The van der Waals surface area contributed by atoms with Crippen molar-refractivity contribution in [3.63, 3.8) is 0 Å². The van der Waals surface area contributed by atoms with Crippen molar-refractivity contribution in [3.8, 4) is 11.5 Å². The molecule has 0 fully saturated rings. The van der Waals surface area contributed by atoms with Crippen LogP contribution in [-0.2, 0) is 4.74 Å². The maximum atomic E-state index is 10.9. The fourth-order valence-electron chi connectivity index (χ4n) is 1.84. The van der Waals surface area contributed by atoms with Crippen LogP contribution in [0.15, 0.2) is 48.5 Å². The van der Waals surface area contributed by atoms with E-state index in [1.807, 2.05) is 30.3 Å². The third kappa shape index (κ3) is 3.16. The van der Waals surface area contributed by atoms with E-state index in [4.69, 9.17) is 14.2 Å². The van der Waals surface area contributed by atoms with E-state index in [0.29, 0.717) is 17.1 Å². The molecule has 0 amide bonds. The number of benzene rings is 2. The lowest BCUT2D eigenvalue weighted by atomic mass is 10.2. The summed E-state index contributed by atoms with van der Waals surface area (Å²) in [5.74, 6) is 1.02. The Morgan fingerprint density at radius 3 is 2.35 bits per heavy atom. The van der Waals surface area contributed by atoms with Crippen LogP contribution in [0, 0.1) is 0 Å². The number of methoxy groups -OCH3 is 2. The number of carbonyl (C=O) groups excluding carboxylic acids is 1. The highest BCUT2D eigenvalue weighted by molar-refractivity contribution is 5.76. The highest BCUT2D eigenvalue weighted by atomic mass is 16.7. The lowest BCUT2D eigenvalue weighted by Gasteiger charge is -2.19. The Kier molecular flexibility index (Phi) is 4.74. The average Bonchev–Trinajstić information content (AvgIpc) is 2.53. The molecular weight excluding hydrogens is 256 g/mol. The van der Waals surface area contributed by atoms with Gasteiger partial charge in [-0.3, -0.25) is 4.79 Å². The lowest BCUT2D eigenvalue weighted by molar-refractivity contribution is -0.0574. The fourth-order valence-corrected chi connectivity index (χ4v) is 1.84. The highest BCUT2D eigenvalue weighted by Crippen LogP contribution is 2.32. The summed E-state index contributed by atoms with van der Waals surface area (Å²) < 4.78 is 16.4. The summed E-state index contributed by atoms with van der Waals surface area (Å²) in [6, 6.07) is 14.5. The molecule has 4 nitrogen and oxygen atoms in total. The van der Waals surface area contributed by atoms with E-state index >= 15 is 0 Å². The predicted molar refractivity (Wildman–Crippen MR) is 75.2 cm³/mol. The third-order valence-electron chi connectivity index (χ3n) is 2.84. The van der Waals surface area contributed by atoms with Crippen molar-refractivity contribution < 1.29 is 19.0 Å². The molecule has 4 heteroatoms. The number of hydrogen-bond donors (Lipinski definition) is 0. The molecule has 20 heavy (non-hydrogen) atoms. The molecule has 1 unspecified atom stereocenters. The van der Waals surface area contributed by atoms with Gasteiger partial charge in [-0.25, -0.2) is 0 Å². The Labute approximate surface area is 117 Å². The van der Waals surface area contributed by atoms with Gasteiger partial charge < -0.3 is 14.2 Å². The summed E-state index contributed by atoms with van der Waals surface area (Å²) >= 11 is 0. The first kappa shape index (κ1) is 14.1. The maximum absolute atomic E-state index is 10.9. The number of ether oxygens (including phenoxy) is 3. The quantitative estimate of drug-likeness (QED) is 0.598. The van der Waals surface area contributed by atoms with Gasteiger partial charge in [0.2, 0.25) is 6.29 Å².